The highest BCUT2D eigenvalue weighted by atomic mass is 35.5. The standard InChI is InChI=1S/C33H41Cl2N5O6S/c1-20(41)37-18-33(2,3)19-39-12-14-40(15-13-39)26(42)17-24-29(32(44)46-5)30(27-21(34)7-6-8-22(27)35)28(31(43)45-4)23(38-24)9-10-25-36-11-16-47-25/h6-8,11,16,30,38H,9-10,12-15,17-19H2,1-5H3,(H,37,41). The highest BCUT2D eigenvalue weighted by Crippen LogP contribution is 2.46. The normalized spacial score (nSPS) is 17.3. The van der Waals surface area contributed by atoms with Crippen molar-refractivity contribution in [2.45, 2.75) is 46.0 Å². The van der Waals surface area contributed by atoms with Gasteiger partial charge in [-0.1, -0.05) is 43.1 Å². The van der Waals surface area contributed by atoms with Crippen LogP contribution in [0.1, 0.15) is 50.1 Å². The fourth-order valence-electron chi connectivity index (χ4n) is 5.98. The van der Waals surface area contributed by atoms with Crippen LogP contribution in [-0.2, 0) is 35.1 Å². The number of thiazole rings is 1. The molecule has 1 unspecified atom stereocenters. The van der Waals surface area contributed by atoms with Gasteiger partial charge in [-0.15, -0.1) is 11.3 Å². The molecule has 0 bridgehead atoms. The number of rotatable bonds is 12. The number of nitrogens with one attached hydrogen (secondary N) is 2. The number of dihydropyridines is 1. The molecule has 1 aromatic carbocycles. The second-order valence-corrected chi connectivity index (χ2v) is 14.1. The minimum absolute atomic E-state index is 0.0626. The van der Waals surface area contributed by atoms with Crippen LogP contribution in [-0.4, -0.2) is 92.0 Å². The van der Waals surface area contributed by atoms with Crippen molar-refractivity contribution in [2.24, 2.45) is 5.41 Å². The van der Waals surface area contributed by atoms with Crippen LogP contribution in [0.2, 0.25) is 10.0 Å². The lowest BCUT2D eigenvalue weighted by Crippen LogP contribution is -2.52. The molecule has 0 saturated carbocycles. The molecular weight excluding hydrogens is 665 g/mol. The Bertz CT molecular complexity index is 1530. The fraction of sp³-hybridized carbons (Fsp3) is 0.485. The Morgan fingerprint density at radius 1 is 1.00 bits per heavy atom. The summed E-state index contributed by atoms with van der Waals surface area (Å²) >= 11 is 14.9. The number of esters is 2. The maximum atomic E-state index is 13.9. The predicted octanol–water partition coefficient (Wildman–Crippen LogP) is 4.32. The van der Waals surface area contributed by atoms with E-state index in [0.717, 1.165) is 11.6 Å². The molecule has 254 valence electrons. The van der Waals surface area contributed by atoms with Gasteiger partial charge in [0.25, 0.3) is 0 Å². The van der Waals surface area contributed by atoms with Crippen LogP contribution in [0.5, 0.6) is 0 Å². The van der Waals surface area contributed by atoms with E-state index in [1.165, 1.54) is 32.5 Å². The Labute approximate surface area is 289 Å². The first kappa shape index (κ1) is 36.4. The molecule has 2 aliphatic rings. The molecule has 1 saturated heterocycles. The number of nitrogens with zero attached hydrogens (tertiary/aromatic N) is 3. The van der Waals surface area contributed by atoms with E-state index in [-0.39, 0.29) is 44.8 Å². The largest absolute Gasteiger partial charge is 0.466 e. The van der Waals surface area contributed by atoms with Gasteiger partial charge in [-0.2, -0.15) is 0 Å². The Kier molecular flexibility index (Phi) is 12.5. The molecule has 47 heavy (non-hydrogen) atoms. The smallest absolute Gasteiger partial charge is 0.336 e. The summed E-state index contributed by atoms with van der Waals surface area (Å²) in [5, 5.41) is 9.38. The van der Waals surface area contributed by atoms with Gasteiger partial charge in [-0.25, -0.2) is 14.6 Å². The Balaban J connectivity index is 1.66. The SMILES string of the molecule is COC(=O)C1=C(CCc2nccs2)NC(CC(=O)N2CCN(CC(C)(C)CNC(C)=O)CC2)=C(C(=O)OC)C1c1c(Cl)cccc1Cl. The van der Waals surface area contributed by atoms with Gasteiger partial charge in [0, 0.05) is 91.2 Å². The van der Waals surface area contributed by atoms with Crippen LogP contribution in [0.4, 0.5) is 0 Å². The average molecular weight is 707 g/mol. The number of hydrogen-bond donors (Lipinski definition) is 2. The highest BCUT2D eigenvalue weighted by molar-refractivity contribution is 7.09. The van der Waals surface area contributed by atoms with Crippen molar-refractivity contribution >= 4 is 58.3 Å². The number of amides is 2. The molecule has 0 radical (unpaired) electrons. The molecule has 3 heterocycles. The third-order valence-electron chi connectivity index (χ3n) is 8.22. The van der Waals surface area contributed by atoms with Crippen molar-refractivity contribution in [1.29, 1.82) is 0 Å². The number of piperazine rings is 1. The Morgan fingerprint density at radius 2 is 1.62 bits per heavy atom. The molecule has 1 atom stereocenters. The third-order valence-corrected chi connectivity index (χ3v) is 9.72. The lowest BCUT2D eigenvalue weighted by Gasteiger charge is -2.39. The summed E-state index contributed by atoms with van der Waals surface area (Å²) in [5.74, 6) is -2.71. The van der Waals surface area contributed by atoms with E-state index < -0.39 is 17.9 Å². The number of carbonyl (C=O) groups is 4. The molecule has 2 aromatic rings. The van der Waals surface area contributed by atoms with Crippen molar-refractivity contribution < 1.29 is 28.7 Å². The number of allylic oxidation sites excluding steroid dienone is 1. The Morgan fingerprint density at radius 3 is 2.17 bits per heavy atom. The van der Waals surface area contributed by atoms with Gasteiger partial charge in [-0.3, -0.25) is 14.5 Å². The van der Waals surface area contributed by atoms with E-state index in [1.54, 1.807) is 29.3 Å². The van der Waals surface area contributed by atoms with Gasteiger partial charge < -0.3 is 25.0 Å². The van der Waals surface area contributed by atoms with E-state index in [0.29, 0.717) is 62.5 Å². The quantitative estimate of drug-likeness (QED) is 0.310. The maximum absolute atomic E-state index is 13.9. The van der Waals surface area contributed by atoms with Gasteiger partial charge in [0.1, 0.15) is 0 Å². The lowest BCUT2D eigenvalue weighted by atomic mass is 9.78. The number of carbonyl (C=O) groups excluding carboxylic acids is 4. The topological polar surface area (TPSA) is 130 Å². The van der Waals surface area contributed by atoms with Gasteiger partial charge in [-0.05, 0) is 24.0 Å². The van der Waals surface area contributed by atoms with E-state index in [1.807, 2.05) is 5.38 Å². The van der Waals surface area contributed by atoms with Crippen molar-refractivity contribution in [1.82, 2.24) is 25.4 Å². The number of halogens is 2. The first-order valence-corrected chi connectivity index (χ1v) is 16.9. The summed E-state index contributed by atoms with van der Waals surface area (Å²) in [7, 11) is 2.51. The van der Waals surface area contributed by atoms with Crippen LogP contribution < -0.4 is 10.6 Å². The number of ether oxygens (including phenoxy) is 2. The lowest BCUT2D eigenvalue weighted by molar-refractivity contribution is -0.137. The molecule has 11 nitrogen and oxygen atoms in total. The van der Waals surface area contributed by atoms with Gasteiger partial charge in [0.05, 0.1) is 42.7 Å². The van der Waals surface area contributed by atoms with Gasteiger partial charge in [0.2, 0.25) is 11.8 Å². The summed E-state index contributed by atoms with van der Waals surface area (Å²) < 4.78 is 10.4. The number of aromatic nitrogens is 1. The second kappa shape index (κ2) is 16.1. The highest BCUT2D eigenvalue weighted by Gasteiger charge is 2.42. The van der Waals surface area contributed by atoms with Gasteiger partial charge >= 0.3 is 11.9 Å². The van der Waals surface area contributed by atoms with Crippen LogP contribution in [0.3, 0.4) is 0 Å². The van der Waals surface area contributed by atoms with Crippen LogP contribution in [0, 0.1) is 5.41 Å². The molecule has 14 heteroatoms. The number of benzene rings is 1. The zero-order valence-corrected chi connectivity index (χ0v) is 29.6. The molecule has 2 N–H and O–H groups in total. The molecule has 1 aromatic heterocycles. The van der Waals surface area contributed by atoms with Crippen LogP contribution >= 0.6 is 34.5 Å². The zero-order valence-electron chi connectivity index (χ0n) is 27.3. The maximum Gasteiger partial charge on any atom is 0.336 e. The summed E-state index contributed by atoms with van der Waals surface area (Å²) in [5.41, 5.74) is 1.21. The van der Waals surface area contributed by atoms with E-state index in [9.17, 15) is 19.2 Å². The number of methoxy groups -OCH3 is 2. The monoisotopic (exact) mass is 705 g/mol. The van der Waals surface area contributed by atoms with Crippen LogP contribution in [0.25, 0.3) is 0 Å². The molecule has 2 aliphatic heterocycles. The van der Waals surface area contributed by atoms with Crippen molar-refractivity contribution in [3.8, 4) is 0 Å². The first-order chi connectivity index (χ1) is 22.3. The third kappa shape index (κ3) is 9.13. The number of hydrogen-bond acceptors (Lipinski definition) is 10. The predicted molar refractivity (Wildman–Crippen MR) is 181 cm³/mol. The van der Waals surface area contributed by atoms with Crippen molar-refractivity contribution in [3.05, 3.63) is 72.9 Å². The van der Waals surface area contributed by atoms with Crippen molar-refractivity contribution in [2.75, 3.05) is 53.5 Å². The molecule has 2 amide bonds. The van der Waals surface area contributed by atoms with Gasteiger partial charge in [0.15, 0.2) is 0 Å². The number of aryl methyl sites for hydroxylation is 1. The molecule has 4 rings (SSSR count). The fourth-order valence-corrected chi connectivity index (χ4v) is 7.21. The zero-order chi connectivity index (χ0) is 34.3. The molecule has 0 aliphatic carbocycles. The summed E-state index contributed by atoms with van der Waals surface area (Å²) in [6, 6.07) is 4.93. The summed E-state index contributed by atoms with van der Waals surface area (Å²) in [6.07, 6.45) is 2.40. The minimum atomic E-state index is -1.06. The van der Waals surface area contributed by atoms with E-state index >= 15 is 0 Å². The molecular formula is C33H41Cl2N5O6S. The second-order valence-electron chi connectivity index (χ2n) is 12.3. The summed E-state index contributed by atoms with van der Waals surface area (Å²) in [4.78, 5) is 60.7. The van der Waals surface area contributed by atoms with E-state index in [4.69, 9.17) is 32.7 Å². The minimum Gasteiger partial charge on any atom is -0.466 e. The first-order valence-electron chi connectivity index (χ1n) is 15.3. The molecule has 1 fully saturated rings. The van der Waals surface area contributed by atoms with Crippen molar-refractivity contribution in [3.63, 3.8) is 0 Å². The average Bonchev–Trinajstić information content (AvgIpc) is 3.56. The Hall–Kier alpha value is -3.45. The van der Waals surface area contributed by atoms with Crippen LogP contribution in [0.15, 0.2) is 52.3 Å². The summed E-state index contributed by atoms with van der Waals surface area (Å²) in [6.45, 7) is 9.33. The van der Waals surface area contributed by atoms with E-state index in [2.05, 4.69) is 34.4 Å². The molecule has 0 spiro atoms.